The Morgan fingerprint density at radius 3 is 2.86 bits per heavy atom. The summed E-state index contributed by atoms with van der Waals surface area (Å²) < 4.78 is 12.1. The van der Waals surface area contributed by atoms with Crippen LogP contribution in [0.25, 0.3) is 0 Å². The molecule has 0 radical (unpaired) electrons. The van der Waals surface area contributed by atoms with Gasteiger partial charge in [-0.1, -0.05) is 19.4 Å². The van der Waals surface area contributed by atoms with Crippen molar-refractivity contribution in [1.29, 1.82) is 0 Å². The summed E-state index contributed by atoms with van der Waals surface area (Å²) >= 11 is 0. The van der Waals surface area contributed by atoms with E-state index in [0.717, 1.165) is 18.2 Å². The standard InChI is InChI=1S/C19H29NO2/c1-5-7-18-20(13-15-8-6-11-21-15)19(3,4)16-10-9-14(2)12-17(16)22-18/h5-8,11,14,16-18H,9-10,12-13H2,1-4H3/b7-5+/t14-,16-,17-,18+/m1/s1. The molecule has 0 unspecified atom stereocenters. The fraction of sp³-hybridized carbons (Fsp3) is 0.684. The van der Waals surface area contributed by atoms with E-state index in [9.17, 15) is 0 Å². The largest absolute Gasteiger partial charge is 0.468 e. The summed E-state index contributed by atoms with van der Waals surface area (Å²) in [5.74, 6) is 2.38. The molecule has 1 aromatic rings. The fourth-order valence-electron chi connectivity index (χ4n) is 4.26. The van der Waals surface area contributed by atoms with Crippen LogP contribution in [0.5, 0.6) is 0 Å². The SMILES string of the molecule is C/C=C/[C@@H]1O[C@@H]2C[C@H](C)CC[C@H]2C(C)(C)N1Cc1ccco1. The van der Waals surface area contributed by atoms with Gasteiger partial charge in [0.1, 0.15) is 12.0 Å². The number of furan rings is 1. The van der Waals surface area contributed by atoms with Crippen LogP contribution in [-0.4, -0.2) is 22.8 Å². The van der Waals surface area contributed by atoms with E-state index in [2.05, 4.69) is 50.8 Å². The van der Waals surface area contributed by atoms with E-state index in [1.54, 1.807) is 6.26 Å². The Morgan fingerprint density at radius 1 is 1.36 bits per heavy atom. The highest BCUT2D eigenvalue weighted by atomic mass is 16.5. The fourth-order valence-corrected chi connectivity index (χ4v) is 4.26. The summed E-state index contributed by atoms with van der Waals surface area (Å²) in [6, 6.07) is 4.01. The molecule has 4 atom stereocenters. The summed E-state index contributed by atoms with van der Waals surface area (Å²) in [4.78, 5) is 2.46. The molecule has 22 heavy (non-hydrogen) atoms. The van der Waals surface area contributed by atoms with E-state index in [0.29, 0.717) is 12.0 Å². The predicted octanol–water partition coefficient (Wildman–Crippen LogP) is 4.60. The van der Waals surface area contributed by atoms with Crippen molar-refractivity contribution in [3.8, 4) is 0 Å². The molecular weight excluding hydrogens is 274 g/mol. The van der Waals surface area contributed by atoms with Crippen LogP contribution in [-0.2, 0) is 11.3 Å². The number of allylic oxidation sites excluding steroid dienone is 1. The normalized spacial score (nSPS) is 35.6. The van der Waals surface area contributed by atoms with Crippen molar-refractivity contribution in [3.63, 3.8) is 0 Å². The molecule has 1 aliphatic heterocycles. The van der Waals surface area contributed by atoms with Crippen LogP contribution in [0, 0.1) is 11.8 Å². The molecule has 1 aromatic heterocycles. The lowest BCUT2D eigenvalue weighted by Gasteiger charge is -2.56. The highest BCUT2D eigenvalue weighted by Crippen LogP contribution is 2.45. The molecule has 2 fully saturated rings. The zero-order valence-electron chi connectivity index (χ0n) is 14.3. The Hall–Kier alpha value is -1.06. The van der Waals surface area contributed by atoms with E-state index in [1.807, 2.05) is 6.07 Å². The van der Waals surface area contributed by atoms with Crippen LogP contribution < -0.4 is 0 Å². The van der Waals surface area contributed by atoms with Crippen molar-refractivity contribution in [1.82, 2.24) is 4.90 Å². The number of hydrogen-bond acceptors (Lipinski definition) is 3. The third-order valence-corrected chi connectivity index (χ3v) is 5.59. The van der Waals surface area contributed by atoms with E-state index < -0.39 is 0 Å². The Bertz CT molecular complexity index is 506. The monoisotopic (exact) mass is 303 g/mol. The number of hydrogen-bond donors (Lipinski definition) is 0. The molecule has 122 valence electrons. The van der Waals surface area contributed by atoms with Crippen molar-refractivity contribution >= 4 is 0 Å². The Kier molecular flexibility index (Phi) is 4.47. The molecule has 0 spiro atoms. The molecule has 3 nitrogen and oxygen atoms in total. The molecular formula is C19H29NO2. The minimum atomic E-state index is 0.0386. The van der Waals surface area contributed by atoms with E-state index in [4.69, 9.17) is 9.15 Å². The van der Waals surface area contributed by atoms with Crippen molar-refractivity contribution in [2.75, 3.05) is 0 Å². The number of nitrogens with zero attached hydrogens (tertiary/aromatic N) is 1. The summed E-state index contributed by atoms with van der Waals surface area (Å²) in [5.41, 5.74) is 0.111. The van der Waals surface area contributed by atoms with Crippen molar-refractivity contribution in [3.05, 3.63) is 36.3 Å². The molecule has 3 rings (SSSR count). The summed E-state index contributed by atoms with van der Waals surface area (Å²) in [6.45, 7) is 9.97. The van der Waals surface area contributed by atoms with Gasteiger partial charge in [0.2, 0.25) is 0 Å². The van der Waals surface area contributed by atoms with Gasteiger partial charge in [-0.3, -0.25) is 4.90 Å². The zero-order chi connectivity index (χ0) is 15.7. The zero-order valence-corrected chi connectivity index (χ0v) is 14.3. The summed E-state index contributed by atoms with van der Waals surface area (Å²) in [6.07, 6.45) is 10.2. The van der Waals surface area contributed by atoms with Gasteiger partial charge in [-0.25, -0.2) is 0 Å². The maximum atomic E-state index is 6.50. The molecule has 2 heterocycles. The molecule has 0 aromatic carbocycles. The Labute approximate surface area is 134 Å². The molecule has 1 aliphatic carbocycles. The second kappa shape index (κ2) is 6.21. The number of fused-ring (bicyclic) bond motifs is 1. The minimum absolute atomic E-state index is 0.0386. The van der Waals surface area contributed by atoms with Crippen LogP contribution in [0.3, 0.4) is 0 Å². The molecule has 0 amide bonds. The third kappa shape index (κ3) is 2.89. The quantitative estimate of drug-likeness (QED) is 0.763. The highest BCUT2D eigenvalue weighted by molar-refractivity contribution is 5.07. The molecule has 2 aliphatic rings. The van der Waals surface area contributed by atoms with Gasteiger partial charge >= 0.3 is 0 Å². The molecule has 1 saturated carbocycles. The first-order valence-corrected chi connectivity index (χ1v) is 8.59. The molecule has 0 N–H and O–H groups in total. The van der Waals surface area contributed by atoms with Crippen LogP contribution >= 0.6 is 0 Å². The van der Waals surface area contributed by atoms with Gasteiger partial charge in [-0.05, 0) is 57.7 Å². The van der Waals surface area contributed by atoms with E-state index >= 15 is 0 Å². The Morgan fingerprint density at radius 2 is 2.18 bits per heavy atom. The van der Waals surface area contributed by atoms with E-state index in [-0.39, 0.29) is 11.8 Å². The summed E-state index contributed by atoms with van der Waals surface area (Å²) in [7, 11) is 0. The van der Waals surface area contributed by atoms with Gasteiger partial charge in [0, 0.05) is 11.5 Å². The molecule has 1 saturated heterocycles. The lowest BCUT2D eigenvalue weighted by molar-refractivity contribution is -0.220. The van der Waals surface area contributed by atoms with Gasteiger partial charge in [0.25, 0.3) is 0 Å². The first-order valence-electron chi connectivity index (χ1n) is 8.59. The Balaban J connectivity index is 1.87. The average Bonchev–Trinajstić information content (AvgIpc) is 2.96. The van der Waals surface area contributed by atoms with Gasteiger partial charge in [0.05, 0.1) is 18.9 Å². The smallest absolute Gasteiger partial charge is 0.131 e. The third-order valence-electron chi connectivity index (χ3n) is 5.59. The number of ether oxygens (including phenoxy) is 1. The second-order valence-electron chi connectivity index (χ2n) is 7.48. The van der Waals surface area contributed by atoms with Gasteiger partial charge in [-0.2, -0.15) is 0 Å². The predicted molar refractivity (Wildman–Crippen MR) is 88.3 cm³/mol. The van der Waals surface area contributed by atoms with Crippen molar-refractivity contribution in [2.45, 2.75) is 71.4 Å². The lowest BCUT2D eigenvalue weighted by atomic mass is 9.69. The van der Waals surface area contributed by atoms with Crippen LogP contribution in [0.1, 0.15) is 52.7 Å². The van der Waals surface area contributed by atoms with Gasteiger partial charge < -0.3 is 9.15 Å². The molecule has 3 heteroatoms. The summed E-state index contributed by atoms with van der Waals surface area (Å²) in [5, 5.41) is 0. The number of rotatable bonds is 3. The highest BCUT2D eigenvalue weighted by Gasteiger charge is 2.49. The first kappa shape index (κ1) is 15.8. The van der Waals surface area contributed by atoms with Crippen LogP contribution in [0.4, 0.5) is 0 Å². The minimum Gasteiger partial charge on any atom is -0.468 e. The maximum Gasteiger partial charge on any atom is 0.131 e. The topological polar surface area (TPSA) is 25.6 Å². The molecule has 0 bridgehead atoms. The van der Waals surface area contributed by atoms with Gasteiger partial charge in [0.15, 0.2) is 0 Å². The maximum absolute atomic E-state index is 6.50. The lowest BCUT2D eigenvalue weighted by Crippen LogP contribution is -2.63. The van der Waals surface area contributed by atoms with Gasteiger partial charge in [-0.15, -0.1) is 0 Å². The van der Waals surface area contributed by atoms with Crippen LogP contribution in [0.2, 0.25) is 0 Å². The van der Waals surface area contributed by atoms with E-state index in [1.165, 1.54) is 19.3 Å². The second-order valence-corrected chi connectivity index (χ2v) is 7.48. The van der Waals surface area contributed by atoms with Crippen molar-refractivity contribution < 1.29 is 9.15 Å². The van der Waals surface area contributed by atoms with Crippen LogP contribution in [0.15, 0.2) is 35.0 Å². The first-order chi connectivity index (χ1) is 10.5. The van der Waals surface area contributed by atoms with Crippen molar-refractivity contribution in [2.24, 2.45) is 11.8 Å². The average molecular weight is 303 g/mol.